The van der Waals surface area contributed by atoms with Crippen LogP contribution in [0.5, 0.6) is 5.88 Å². The molecule has 106 valence electrons. The third kappa shape index (κ3) is 4.52. The molecule has 0 spiro atoms. The molecular weight excluding hydrogens is 355 g/mol. The number of guanidine groups is 1. The van der Waals surface area contributed by atoms with Crippen molar-refractivity contribution in [1.29, 1.82) is 0 Å². The van der Waals surface area contributed by atoms with Gasteiger partial charge in [0.25, 0.3) is 0 Å². The summed E-state index contributed by atoms with van der Waals surface area (Å²) in [6.45, 7) is 2.84. The molecule has 0 aromatic carbocycles. The zero-order valence-electron chi connectivity index (χ0n) is 11.4. The number of methoxy groups -OCH3 is 1. The molecule has 0 unspecified atom stereocenters. The van der Waals surface area contributed by atoms with Crippen molar-refractivity contribution in [2.45, 2.75) is 19.4 Å². The van der Waals surface area contributed by atoms with E-state index in [4.69, 9.17) is 4.74 Å². The van der Waals surface area contributed by atoms with Crippen LogP contribution in [-0.2, 0) is 6.54 Å². The van der Waals surface area contributed by atoms with Gasteiger partial charge in [0.15, 0.2) is 5.96 Å². The number of nitrogens with zero attached hydrogens (tertiary/aromatic N) is 3. The average molecular weight is 376 g/mol. The quantitative estimate of drug-likeness (QED) is 0.497. The van der Waals surface area contributed by atoms with E-state index in [1.165, 1.54) is 12.8 Å². The summed E-state index contributed by atoms with van der Waals surface area (Å²) in [5.41, 5.74) is 0.953. The molecule has 1 aliphatic rings. The monoisotopic (exact) mass is 376 g/mol. The number of likely N-dealkylation sites (tertiary alicyclic amines) is 1. The number of nitrogens with one attached hydrogen (secondary N) is 1. The van der Waals surface area contributed by atoms with Gasteiger partial charge in [-0.2, -0.15) is 0 Å². The van der Waals surface area contributed by atoms with Crippen LogP contribution < -0.4 is 10.1 Å². The van der Waals surface area contributed by atoms with Gasteiger partial charge in [-0.3, -0.25) is 4.99 Å². The third-order valence-corrected chi connectivity index (χ3v) is 3.04. The first-order valence-corrected chi connectivity index (χ1v) is 6.29. The number of rotatable bonds is 3. The zero-order chi connectivity index (χ0) is 12.8. The van der Waals surface area contributed by atoms with Crippen molar-refractivity contribution >= 4 is 29.9 Å². The fraction of sp³-hybridized carbons (Fsp3) is 0.538. The Labute approximate surface area is 131 Å². The highest BCUT2D eigenvalue weighted by atomic mass is 127. The minimum Gasteiger partial charge on any atom is -0.481 e. The Kier molecular flexibility index (Phi) is 6.90. The first-order chi connectivity index (χ1) is 8.83. The summed E-state index contributed by atoms with van der Waals surface area (Å²) in [6.07, 6.45) is 2.50. The lowest BCUT2D eigenvalue weighted by molar-refractivity contribution is 0.396. The number of ether oxygens (including phenoxy) is 1. The molecule has 1 N–H and O–H groups in total. The largest absolute Gasteiger partial charge is 0.481 e. The number of pyridine rings is 1. The summed E-state index contributed by atoms with van der Waals surface area (Å²) in [6, 6.07) is 5.77. The second kappa shape index (κ2) is 8.19. The fourth-order valence-electron chi connectivity index (χ4n) is 2.10. The van der Waals surface area contributed by atoms with E-state index >= 15 is 0 Å². The van der Waals surface area contributed by atoms with Crippen LogP contribution in [0.4, 0.5) is 0 Å². The molecule has 0 amide bonds. The van der Waals surface area contributed by atoms with E-state index in [0.29, 0.717) is 12.4 Å². The molecule has 1 saturated heterocycles. The van der Waals surface area contributed by atoms with Gasteiger partial charge in [0.1, 0.15) is 0 Å². The molecule has 2 heterocycles. The lowest BCUT2D eigenvalue weighted by Crippen LogP contribution is -2.39. The standard InChI is InChI=1S/C13H20N4O.HI/c1-14-13(17-8-3-4-9-17)15-10-11-6-5-7-12(16-11)18-2;/h5-7H,3-4,8-10H2,1-2H3,(H,14,15);1H. The van der Waals surface area contributed by atoms with Crippen molar-refractivity contribution < 1.29 is 4.74 Å². The Morgan fingerprint density at radius 1 is 1.42 bits per heavy atom. The minimum atomic E-state index is 0. The normalized spacial score (nSPS) is 15.1. The number of hydrogen-bond donors (Lipinski definition) is 1. The highest BCUT2D eigenvalue weighted by Crippen LogP contribution is 2.09. The lowest BCUT2D eigenvalue weighted by Gasteiger charge is -2.20. The van der Waals surface area contributed by atoms with Crippen molar-refractivity contribution in [3.8, 4) is 5.88 Å². The van der Waals surface area contributed by atoms with Crippen LogP contribution in [0.3, 0.4) is 0 Å². The SMILES string of the molecule is CN=C(NCc1cccc(OC)n1)N1CCCC1.I. The maximum absolute atomic E-state index is 5.11. The number of halogens is 1. The fourth-order valence-corrected chi connectivity index (χ4v) is 2.10. The van der Waals surface area contributed by atoms with Crippen LogP contribution in [-0.4, -0.2) is 43.1 Å². The van der Waals surface area contributed by atoms with Gasteiger partial charge in [0.2, 0.25) is 5.88 Å². The maximum Gasteiger partial charge on any atom is 0.213 e. The highest BCUT2D eigenvalue weighted by molar-refractivity contribution is 14.0. The molecule has 0 saturated carbocycles. The second-order valence-corrected chi connectivity index (χ2v) is 4.27. The summed E-state index contributed by atoms with van der Waals surface area (Å²) in [5.74, 6) is 1.60. The van der Waals surface area contributed by atoms with E-state index in [2.05, 4.69) is 20.2 Å². The Bertz CT molecular complexity index is 419. The van der Waals surface area contributed by atoms with Gasteiger partial charge in [-0.1, -0.05) is 6.07 Å². The van der Waals surface area contributed by atoms with Crippen molar-refractivity contribution in [1.82, 2.24) is 15.2 Å². The smallest absolute Gasteiger partial charge is 0.213 e. The molecule has 1 aliphatic heterocycles. The number of hydrogen-bond acceptors (Lipinski definition) is 3. The zero-order valence-corrected chi connectivity index (χ0v) is 13.8. The first kappa shape index (κ1) is 16.0. The van der Waals surface area contributed by atoms with E-state index in [9.17, 15) is 0 Å². The average Bonchev–Trinajstić information content (AvgIpc) is 2.94. The van der Waals surface area contributed by atoms with Crippen LogP contribution in [0.1, 0.15) is 18.5 Å². The van der Waals surface area contributed by atoms with E-state index in [1.54, 1.807) is 7.11 Å². The molecule has 19 heavy (non-hydrogen) atoms. The minimum absolute atomic E-state index is 0. The predicted octanol–water partition coefficient (Wildman–Crippen LogP) is 1.88. The van der Waals surface area contributed by atoms with Crippen LogP contribution in [0.15, 0.2) is 23.2 Å². The lowest BCUT2D eigenvalue weighted by atomic mass is 10.3. The number of aromatic nitrogens is 1. The topological polar surface area (TPSA) is 49.8 Å². The van der Waals surface area contributed by atoms with Crippen molar-refractivity contribution in [3.63, 3.8) is 0 Å². The van der Waals surface area contributed by atoms with Crippen LogP contribution in [0.25, 0.3) is 0 Å². The Balaban J connectivity index is 0.00000180. The van der Waals surface area contributed by atoms with Crippen molar-refractivity contribution in [3.05, 3.63) is 23.9 Å². The second-order valence-electron chi connectivity index (χ2n) is 4.27. The van der Waals surface area contributed by atoms with Gasteiger partial charge < -0.3 is 15.0 Å². The maximum atomic E-state index is 5.11. The van der Waals surface area contributed by atoms with E-state index in [1.807, 2.05) is 25.2 Å². The van der Waals surface area contributed by atoms with Crippen LogP contribution in [0, 0.1) is 0 Å². The molecule has 2 rings (SSSR count). The molecule has 5 nitrogen and oxygen atoms in total. The Morgan fingerprint density at radius 3 is 2.79 bits per heavy atom. The van der Waals surface area contributed by atoms with Crippen LogP contribution in [0.2, 0.25) is 0 Å². The summed E-state index contributed by atoms with van der Waals surface area (Å²) < 4.78 is 5.11. The summed E-state index contributed by atoms with van der Waals surface area (Å²) >= 11 is 0. The van der Waals surface area contributed by atoms with Gasteiger partial charge in [0, 0.05) is 26.2 Å². The van der Waals surface area contributed by atoms with E-state index in [-0.39, 0.29) is 24.0 Å². The Hall–Kier alpha value is -1.05. The molecule has 0 bridgehead atoms. The van der Waals surface area contributed by atoms with Gasteiger partial charge in [-0.25, -0.2) is 4.98 Å². The molecule has 1 fully saturated rings. The molecule has 1 aromatic heterocycles. The summed E-state index contributed by atoms with van der Waals surface area (Å²) in [4.78, 5) is 10.9. The summed E-state index contributed by atoms with van der Waals surface area (Å²) in [5, 5.41) is 3.34. The van der Waals surface area contributed by atoms with Gasteiger partial charge in [0.05, 0.1) is 19.3 Å². The van der Waals surface area contributed by atoms with Gasteiger partial charge >= 0.3 is 0 Å². The third-order valence-electron chi connectivity index (χ3n) is 3.04. The number of aliphatic imine (C=N–C) groups is 1. The molecular formula is C13H21IN4O. The van der Waals surface area contributed by atoms with Gasteiger partial charge in [-0.15, -0.1) is 24.0 Å². The van der Waals surface area contributed by atoms with Crippen molar-refractivity contribution in [2.24, 2.45) is 4.99 Å². The molecule has 0 atom stereocenters. The molecule has 0 aliphatic carbocycles. The Morgan fingerprint density at radius 2 is 2.16 bits per heavy atom. The van der Waals surface area contributed by atoms with E-state index in [0.717, 1.165) is 24.7 Å². The molecule has 6 heteroatoms. The summed E-state index contributed by atoms with van der Waals surface area (Å²) in [7, 11) is 3.45. The predicted molar refractivity (Wildman–Crippen MR) is 87.2 cm³/mol. The molecule has 1 aromatic rings. The van der Waals surface area contributed by atoms with Gasteiger partial charge in [-0.05, 0) is 18.9 Å². The first-order valence-electron chi connectivity index (χ1n) is 6.29. The highest BCUT2D eigenvalue weighted by Gasteiger charge is 2.15. The van der Waals surface area contributed by atoms with E-state index < -0.39 is 0 Å². The van der Waals surface area contributed by atoms with Crippen LogP contribution >= 0.6 is 24.0 Å². The molecule has 0 radical (unpaired) electrons. The van der Waals surface area contributed by atoms with Crippen molar-refractivity contribution in [2.75, 3.05) is 27.2 Å².